The second-order valence-corrected chi connectivity index (χ2v) is 4.19. The summed E-state index contributed by atoms with van der Waals surface area (Å²) in [5.41, 5.74) is 1.15. The molecule has 1 aromatic rings. The molecule has 0 bridgehead atoms. The van der Waals surface area contributed by atoms with E-state index in [1.54, 1.807) is 20.4 Å². The van der Waals surface area contributed by atoms with Crippen LogP contribution in [-0.4, -0.2) is 43.7 Å². The van der Waals surface area contributed by atoms with E-state index in [0.29, 0.717) is 6.04 Å². The lowest BCUT2D eigenvalue weighted by Crippen LogP contribution is -2.23. The summed E-state index contributed by atoms with van der Waals surface area (Å²) in [5.74, 6) is 0.868. The Morgan fingerprint density at radius 2 is 2.12 bits per heavy atom. The third-order valence-electron chi connectivity index (χ3n) is 2.59. The summed E-state index contributed by atoms with van der Waals surface area (Å²) in [7, 11) is 3.39. The van der Waals surface area contributed by atoms with E-state index in [2.05, 4.69) is 24.3 Å². The van der Waals surface area contributed by atoms with Gasteiger partial charge >= 0.3 is 0 Å². The Morgan fingerprint density at radius 3 is 2.71 bits per heavy atom. The van der Waals surface area contributed by atoms with Crippen molar-refractivity contribution in [3.63, 3.8) is 0 Å². The van der Waals surface area contributed by atoms with E-state index < -0.39 is 0 Å². The van der Waals surface area contributed by atoms with E-state index in [4.69, 9.17) is 9.47 Å². The van der Waals surface area contributed by atoms with Gasteiger partial charge in [0.25, 0.3) is 0 Å². The highest BCUT2D eigenvalue weighted by Crippen LogP contribution is 2.20. The van der Waals surface area contributed by atoms with E-state index in [-0.39, 0.29) is 0 Å². The molecule has 0 spiro atoms. The molecule has 0 aliphatic carbocycles. The van der Waals surface area contributed by atoms with Gasteiger partial charge in [-0.25, -0.2) is 0 Å². The molecule has 0 atom stereocenters. The van der Waals surface area contributed by atoms with Crippen molar-refractivity contribution in [3.8, 4) is 5.75 Å². The summed E-state index contributed by atoms with van der Waals surface area (Å²) >= 11 is 0. The molecule has 0 amide bonds. The molecule has 1 N–H and O–H groups in total. The van der Waals surface area contributed by atoms with Crippen LogP contribution in [0.5, 0.6) is 5.75 Å². The molecule has 5 heteroatoms. The number of methoxy groups -OCH3 is 2. The molecular weight excluding hydrogens is 218 g/mol. The van der Waals surface area contributed by atoms with E-state index in [1.165, 1.54) is 0 Å². The maximum atomic E-state index is 5.32. The summed E-state index contributed by atoms with van der Waals surface area (Å²) in [4.78, 5) is 0. The van der Waals surface area contributed by atoms with Crippen molar-refractivity contribution in [2.75, 3.05) is 33.9 Å². The molecule has 0 fully saturated rings. The van der Waals surface area contributed by atoms with Gasteiger partial charge in [-0.15, -0.1) is 0 Å². The number of nitrogens with zero attached hydrogens (tertiary/aromatic N) is 2. The Morgan fingerprint density at radius 1 is 1.35 bits per heavy atom. The van der Waals surface area contributed by atoms with Gasteiger partial charge in [0.1, 0.15) is 0 Å². The lowest BCUT2D eigenvalue weighted by atomic mass is 10.2. The van der Waals surface area contributed by atoms with Crippen LogP contribution in [0.15, 0.2) is 6.20 Å². The van der Waals surface area contributed by atoms with Crippen molar-refractivity contribution in [3.05, 3.63) is 11.9 Å². The van der Waals surface area contributed by atoms with E-state index in [1.807, 2.05) is 4.68 Å². The van der Waals surface area contributed by atoms with Crippen LogP contribution in [0.25, 0.3) is 0 Å². The summed E-state index contributed by atoms with van der Waals surface area (Å²) in [6.45, 7) is 6.75. The van der Waals surface area contributed by atoms with Gasteiger partial charge in [0, 0.05) is 32.7 Å². The number of rotatable bonds is 8. The topological polar surface area (TPSA) is 48.3 Å². The molecule has 1 rings (SSSR count). The minimum atomic E-state index is 0.355. The number of nitrogens with one attached hydrogen (secondary N) is 1. The van der Waals surface area contributed by atoms with Crippen LogP contribution in [0.4, 0.5) is 0 Å². The Balaban J connectivity index is 2.52. The Labute approximate surface area is 103 Å². The third-order valence-corrected chi connectivity index (χ3v) is 2.59. The van der Waals surface area contributed by atoms with Gasteiger partial charge in [-0.3, -0.25) is 4.68 Å². The van der Waals surface area contributed by atoms with Crippen LogP contribution in [0.1, 0.15) is 25.6 Å². The maximum absolute atomic E-state index is 5.32. The van der Waals surface area contributed by atoms with E-state index >= 15 is 0 Å². The van der Waals surface area contributed by atoms with Crippen LogP contribution in [-0.2, 0) is 11.2 Å². The van der Waals surface area contributed by atoms with Gasteiger partial charge in [0.05, 0.1) is 25.6 Å². The first-order valence-corrected chi connectivity index (χ1v) is 6.00. The highest BCUT2D eigenvalue weighted by molar-refractivity contribution is 5.25. The molecule has 98 valence electrons. The average molecular weight is 241 g/mol. The Kier molecular flexibility index (Phi) is 6.00. The summed E-state index contributed by atoms with van der Waals surface area (Å²) in [6, 6.07) is 0.355. The fraction of sp³-hybridized carbons (Fsp3) is 0.750. The number of hydrogen-bond acceptors (Lipinski definition) is 4. The predicted molar refractivity (Wildman–Crippen MR) is 67.6 cm³/mol. The fourth-order valence-corrected chi connectivity index (χ4v) is 1.73. The number of aromatic nitrogens is 2. The zero-order chi connectivity index (χ0) is 12.7. The molecule has 0 radical (unpaired) electrons. The van der Waals surface area contributed by atoms with E-state index in [9.17, 15) is 0 Å². The van der Waals surface area contributed by atoms with Gasteiger partial charge in [0.2, 0.25) is 0 Å². The molecule has 0 aliphatic heterocycles. The van der Waals surface area contributed by atoms with Crippen LogP contribution < -0.4 is 10.1 Å². The largest absolute Gasteiger partial charge is 0.493 e. The molecule has 5 nitrogen and oxygen atoms in total. The van der Waals surface area contributed by atoms with Crippen LogP contribution >= 0.6 is 0 Å². The van der Waals surface area contributed by atoms with Crippen molar-refractivity contribution in [2.24, 2.45) is 0 Å². The van der Waals surface area contributed by atoms with Crippen molar-refractivity contribution in [1.82, 2.24) is 15.1 Å². The van der Waals surface area contributed by atoms with E-state index in [0.717, 1.165) is 37.6 Å². The fourth-order valence-electron chi connectivity index (χ4n) is 1.73. The Hall–Kier alpha value is -1.07. The van der Waals surface area contributed by atoms with Gasteiger partial charge in [-0.2, -0.15) is 5.10 Å². The molecule has 0 aliphatic rings. The van der Waals surface area contributed by atoms with Gasteiger partial charge in [0.15, 0.2) is 5.75 Å². The quantitative estimate of drug-likeness (QED) is 0.696. The minimum absolute atomic E-state index is 0.355. The second-order valence-electron chi connectivity index (χ2n) is 4.19. The number of ether oxygens (including phenoxy) is 2. The van der Waals surface area contributed by atoms with Crippen LogP contribution in [0.2, 0.25) is 0 Å². The summed E-state index contributed by atoms with van der Waals surface area (Å²) < 4.78 is 12.3. The zero-order valence-electron chi connectivity index (χ0n) is 11.2. The minimum Gasteiger partial charge on any atom is -0.493 e. The lowest BCUT2D eigenvalue weighted by molar-refractivity contribution is 0.199. The molecule has 0 saturated heterocycles. The molecule has 0 unspecified atom stereocenters. The number of hydrogen-bond donors (Lipinski definition) is 1. The predicted octanol–water partition coefficient (Wildman–Crippen LogP) is 1.25. The first kappa shape index (κ1) is 14.0. The molecule has 0 saturated carbocycles. The third kappa shape index (κ3) is 4.02. The van der Waals surface area contributed by atoms with Gasteiger partial charge < -0.3 is 14.8 Å². The second kappa shape index (κ2) is 7.29. The summed E-state index contributed by atoms with van der Waals surface area (Å²) in [6.07, 6.45) is 2.69. The first-order valence-electron chi connectivity index (χ1n) is 6.00. The van der Waals surface area contributed by atoms with Gasteiger partial charge in [-0.05, 0) is 13.8 Å². The summed E-state index contributed by atoms with van der Waals surface area (Å²) in [5, 5.41) is 7.66. The average Bonchev–Trinajstić information content (AvgIpc) is 2.72. The highest BCUT2D eigenvalue weighted by atomic mass is 16.5. The Bertz CT molecular complexity index is 324. The van der Waals surface area contributed by atoms with Crippen LogP contribution in [0, 0.1) is 0 Å². The van der Waals surface area contributed by atoms with Gasteiger partial charge in [-0.1, -0.05) is 0 Å². The monoisotopic (exact) mass is 241 g/mol. The van der Waals surface area contributed by atoms with Crippen molar-refractivity contribution >= 4 is 0 Å². The normalized spacial score (nSPS) is 11.1. The lowest BCUT2D eigenvalue weighted by Gasteiger charge is -2.12. The smallest absolute Gasteiger partial charge is 0.159 e. The molecular formula is C12H23N3O2. The standard InChI is InChI=1S/C12H23N3O2/c1-10(2)15-11(12(17-4)9-14-15)5-6-13-7-8-16-3/h9-10,13H,5-8H2,1-4H3. The molecule has 1 aromatic heterocycles. The van der Waals surface area contributed by atoms with Crippen molar-refractivity contribution in [2.45, 2.75) is 26.3 Å². The molecule has 17 heavy (non-hydrogen) atoms. The molecule has 1 heterocycles. The zero-order valence-corrected chi connectivity index (χ0v) is 11.2. The maximum Gasteiger partial charge on any atom is 0.159 e. The molecule has 0 aromatic carbocycles. The van der Waals surface area contributed by atoms with Crippen molar-refractivity contribution < 1.29 is 9.47 Å². The first-order chi connectivity index (χ1) is 8.20. The SMILES string of the molecule is COCCNCCc1c(OC)cnn1C(C)C. The van der Waals surface area contributed by atoms with Crippen molar-refractivity contribution in [1.29, 1.82) is 0 Å². The van der Waals surface area contributed by atoms with Crippen LogP contribution in [0.3, 0.4) is 0 Å². The highest BCUT2D eigenvalue weighted by Gasteiger charge is 2.12.